The van der Waals surface area contributed by atoms with Crippen LogP contribution in [-0.2, 0) is 5.88 Å². The molecule has 1 saturated carbocycles. The second kappa shape index (κ2) is 5.72. The molecule has 1 fully saturated rings. The zero-order valence-corrected chi connectivity index (χ0v) is 11.5. The van der Waals surface area contributed by atoms with Crippen molar-refractivity contribution in [3.05, 3.63) is 23.4 Å². The molecular weight excluding hydrogens is 232 g/mol. The molecule has 0 saturated heterocycles. The lowest BCUT2D eigenvalue weighted by Gasteiger charge is -2.32. The van der Waals surface area contributed by atoms with Gasteiger partial charge in [-0.1, -0.05) is 19.3 Å². The van der Waals surface area contributed by atoms with Crippen molar-refractivity contribution in [3.8, 4) is 0 Å². The number of aryl methyl sites for hydroxylation is 1. The molecule has 0 amide bonds. The predicted molar refractivity (Wildman–Crippen MR) is 73.8 cm³/mol. The molecule has 0 atom stereocenters. The van der Waals surface area contributed by atoms with Crippen molar-refractivity contribution in [2.75, 3.05) is 11.9 Å². The summed E-state index contributed by atoms with van der Waals surface area (Å²) in [6.07, 6.45) is 6.68. The number of halogens is 1. The summed E-state index contributed by atoms with van der Waals surface area (Å²) in [5.74, 6) is 1.64. The topological polar surface area (TPSA) is 16.1 Å². The van der Waals surface area contributed by atoms with E-state index in [1.807, 2.05) is 6.92 Å². The van der Waals surface area contributed by atoms with Gasteiger partial charge in [-0.2, -0.15) is 0 Å². The lowest BCUT2D eigenvalue weighted by molar-refractivity contribution is 0.426. The summed E-state index contributed by atoms with van der Waals surface area (Å²) in [5, 5.41) is 0. The summed E-state index contributed by atoms with van der Waals surface area (Å²) in [6, 6.07) is 4.83. The number of aromatic nitrogens is 1. The van der Waals surface area contributed by atoms with Crippen LogP contribution in [0.25, 0.3) is 0 Å². The molecule has 1 aromatic heterocycles. The molecule has 0 radical (unpaired) electrons. The van der Waals surface area contributed by atoms with Gasteiger partial charge >= 0.3 is 0 Å². The first-order valence-electron chi connectivity index (χ1n) is 6.47. The summed E-state index contributed by atoms with van der Waals surface area (Å²) >= 11 is 5.92. The Bertz CT molecular complexity index is 372. The Morgan fingerprint density at radius 2 is 2.00 bits per heavy atom. The van der Waals surface area contributed by atoms with Gasteiger partial charge in [-0.25, -0.2) is 4.98 Å². The molecule has 17 heavy (non-hydrogen) atoms. The van der Waals surface area contributed by atoms with E-state index in [2.05, 4.69) is 29.1 Å². The van der Waals surface area contributed by atoms with Crippen LogP contribution in [0.4, 0.5) is 5.82 Å². The molecule has 0 spiro atoms. The van der Waals surface area contributed by atoms with Gasteiger partial charge in [0.2, 0.25) is 0 Å². The van der Waals surface area contributed by atoms with Crippen LogP contribution in [0.5, 0.6) is 0 Å². The number of hydrogen-bond donors (Lipinski definition) is 0. The SMILES string of the molecule is Cc1cc(CCl)cc(N(C)C2CCCCC2)n1. The Kier molecular flexibility index (Phi) is 4.27. The number of rotatable bonds is 3. The molecule has 0 bridgehead atoms. The van der Waals surface area contributed by atoms with Crippen molar-refractivity contribution in [2.45, 2.75) is 50.9 Å². The van der Waals surface area contributed by atoms with Gasteiger partial charge in [0, 0.05) is 24.7 Å². The molecule has 0 aromatic carbocycles. The van der Waals surface area contributed by atoms with Gasteiger partial charge in [-0.15, -0.1) is 11.6 Å². The van der Waals surface area contributed by atoms with Crippen molar-refractivity contribution < 1.29 is 0 Å². The molecule has 1 aromatic rings. The summed E-state index contributed by atoms with van der Waals surface area (Å²) in [7, 11) is 2.16. The van der Waals surface area contributed by atoms with Gasteiger partial charge in [0.1, 0.15) is 5.82 Å². The predicted octanol–water partition coefficient (Wildman–Crippen LogP) is 3.90. The minimum absolute atomic E-state index is 0.564. The summed E-state index contributed by atoms with van der Waals surface area (Å²) in [5.41, 5.74) is 2.22. The molecule has 0 unspecified atom stereocenters. The monoisotopic (exact) mass is 252 g/mol. The fourth-order valence-electron chi connectivity index (χ4n) is 2.63. The summed E-state index contributed by atoms with van der Waals surface area (Å²) in [6.45, 7) is 2.04. The van der Waals surface area contributed by atoms with E-state index in [-0.39, 0.29) is 0 Å². The van der Waals surface area contributed by atoms with Crippen molar-refractivity contribution in [3.63, 3.8) is 0 Å². The Balaban J connectivity index is 2.17. The van der Waals surface area contributed by atoms with Crippen molar-refractivity contribution in [2.24, 2.45) is 0 Å². The second-order valence-electron chi connectivity index (χ2n) is 5.01. The maximum atomic E-state index is 5.92. The highest BCUT2D eigenvalue weighted by molar-refractivity contribution is 6.17. The summed E-state index contributed by atoms with van der Waals surface area (Å²) in [4.78, 5) is 6.96. The minimum Gasteiger partial charge on any atom is -0.357 e. The molecule has 1 heterocycles. The van der Waals surface area contributed by atoms with Crippen LogP contribution in [0.15, 0.2) is 12.1 Å². The average Bonchev–Trinajstić information content (AvgIpc) is 2.38. The van der Waals surface area contributed by atoms with E-state index in [4.69, 9.17) is 11.6 Å². The van der Waals surface area contributed by atoms with E-state index in [1.165, 1.54) is 32.1 Å². The van der Waals surface area contributed by atoms with Crippen molar-refractivity contribution in [1.29, 1.82) is 0 Å². The van der Waals surface area contributed by atoms with Crippen molar-refractivity contribution >= 4 is 17.4 Å². The first kappa shape index (κ1) is 12.7. The van der Waals surface area contributed by atoms with E-state index in [9.17, 15) is 0 Å². The smallest absolute Gasteiger partial charge is 0.129 e. The summed E-state index contributed by atoms with van der Waals surface area (Å²) < 4.78 is 0. The fourth-order valence-corrected chi connectivity index (χ4v) is 2.79. The lowest BCUT2D eigenvalue weighted by Crippen LogP contribution is -2.34. The first-order chi connectivity index (χ1) is 8.20. The lowest BCUT2D eigenvalue weighted by atomic mass is 9.94. The number of pyridine rings is 1. The van der Waals surface area contributed by atoms with E-state index < -0.39 is 0 Å². The third-order valence-corrected chi connectivity index (χ3v) is 3.95. The molecule has 2 rings (SSSR count). The Morgan fingerprint density at radius 3 is 2.65 bits per heavy atom. The molecule has 3 heteroatoms. The van der Waals surface area contributed by atoms with Crippen LogP contribution in [0, 0.1) is 6.92 Å². The van der Waals surface area contributed by atoms with Gasteiger partial charge in [-0.05, 0) is 37.5 Å². The standard InChI is InChI=1S/C14H21ClN2/c1-11-8-12(10-15)9-14(16-11)17(2)13-6-4-3-5-7-13/h8-9,13H,3-7,10H2,1-2H3. The third kappa shape index (κ3) is 3.12. The van der Waals surface area contributed by atoms with Gasteiger partial charge in [0.15, 0.2) is 0 Å². The fraction of sp³-hybridized carbons (Fsp3) is 0.643. The number of nitrogens with zero attached hydrogens (tertiary/aromatic N) is 2. The molecule has 2 nitrogen and oxygen atoms in total. The molecular formula is C14H21ClN2. The first-order valence-corrected chi connectivity index (χ1v) is 7.00. The Labute approximate surface area is 109 Å². The van der Waals surface area contributed by atoms with E-state index in [1.54, 1.807) is 0 Å². The van der Waals surface area contributed by atoms with E-state index >= 15 is 0 Å². The normalized spacial score (nSPS) is 17.1. The van der Waals surface area contributed by atoms with Crippen LogP contribution in [-0.4, -0.2) is 18.1 Å². The Morgan fingerprint density at radius 1 is 1.29 bits per heavy atom. The number of hydrogen-bond acceptors (Lipinski definition) is 2. The van der Waals surface area contributed by atoms with Crippen LogP contribution < -0.4 is 4.90 Å². The van der Waals surface area contributed by atoms with Crippen LogP contribution >= 0.6 is 11.6 Å². The van der Waals surface area contributed by atoms with Crippen molar-refractivity contribution in [1.82, 2.24) is 4.98 Å². The number of alkyl halides is 1. The Hall–Kier alpha value is -0.760. The molecule has 0 N–H and O–H groups in total. The molecule has 94 valence electrons. The highest BCUT2D eigenvalue weighted by atomic mass is 35.5. The van der Waals surface area contributed by atoms with Crippen LogP contribution in [0.2, 0.25) is 0 Å². The maximum Gasteiger partial charge on any atom is 0.129 e. The largest absolute Gasteiger partial charge is 0.357 e. The van der Waals surface area contributed by atoms with Crippen LogP contribution in [0.3, 0.4) is 0 Å². The van der Waals surface area contributed by atoms with Gasteiger partial charge in [0.25, 0.3) is 0 Å². The molecule has 1 aliphatic rings. The highest BCUT2D eigenvalue weighted by Crippen LogP contribution is 2.26. The molecule has 1 aliphatic carbocycles. The molecule has 0 aliphatic heterocycles. The minimum atomic E-state index is 0.564. The second-order valence-corrected chi connectivity index (χ2v) is 5.28. The van der Waals surface area contributed by atoms with E-state index in [0.717, 1.165) is 17.1 Å². The van der Waals surface area contributed by atoms with E-state index in [0.29, 0.717) is 11.9 Å². The van der Waals surface area contributed by atoms with Gasteiger partial charge in [-0.3, -0.25) is 0 Å². The van der Waals surface area contributed by atoms with Gasteiger partial charge < -0.3 is 4.90 Å². The number of anilines is 1. The third-order valence-electron chi connectivity index (χ3n) is 3.64. The quantitative estimate of drug-likeness (QED) is 0.759. The van der Waals surface area contributed by atoms with Crippen LogP contribution in [0.1, 0.15) is 43.4 Å². The zero-order valence-electron chi connectivity index (χ0n) is 10.7. The zero-order chi connectivity index (χ0) is 12.3. The van der Waals surface area contributed by atoms with Gasteiger partial charge in [0.05, 0.1) is 0 Å². The average molecular weight is 253 g/mol. The maximum absolute atomic E-state index is 5.92. The highest BCUT2D eigenvalue weighted by Gasteiger charge is 2.19.